The van der Waals surface area contributed by atoms with Gasteiger partial charge in [0.2, 0.25) is 0 Å². The molecule has 0 unspecified atom stereocenters. The lowest BCUT2D eigenvalue weighted by Crippen LogP contribution is -2.54. The van der Waals surface area contributed by atoms with Gasteiger partial charge in [0.15, 0.2) is 16.6 Å². The summed E-state index contributed by atoms with van der Waals surface area (Å²) in [6, 6.07) is 8.06. The molecule has 10 heteroatoms. The van der Waals surface area contributed by atoms with Crippen LogP contribution in [-0.2, 0) is 9.59 Å². The molecule has 0 saturated carbocycles. The Bertz CT molecular complexity index is 1110. The van der Waals surface area contributed by atoms with Gasteiger partial charge in [-0.05, 0) is 84.0 Å². The zero-order chi connectivity index (χ0) is 22.7. The van der Waals surface area contributed by atoms with Crippen LogP contribution in [0.4, 0.5) is 5.69 Å². The van der Waals surface area contributed by atoms with Gasteiger partial charge in [-0.3, -0.25) is 19.8 Å². The lowest BCUT2D eigenvalue weighted by Gasteiger charge is -2.29. The smallest absolute Gasteiger partial charge is 0.270 e. The van der Waals surface area contributed by atoms with E-state index in [-0.39, 0.29) is 15.7 Å². The largest absolute Gasteiger partial charge is 0.490 e. The van der Waals surface area contributed by atoms with Crippen LogP contribution in [0.25, 0.3) is 6.08 Å². The summed E-state index contributed by atoms with van der Waals surface area (Å²) in [7, 11) is 0. The van der Waals surface area contributed by atoms with Gasteiger partial charge in [-0.2, -0.15) is 0 Å². The highest BCUT2D eigenvalue weighted by molar-refractivity contribution is 9.10. The molecule has 1 aliphatic heterocycles. The SMILES string of the molecule is CCOc1cc(/C=C2\C(=O)NC(=S)N(c3ccc(Cl)cc3Cl)C2=O)cc(Br)c1OCC. The fourth-order valence-corrected chi connectivity index (χ4v) is 4.27. The third-order valence-corrected chi connectivity index (χ3v) is 5.60. The molecule has 2 aromatic carbocycles. The van der Waals surface area contributed by atoms with E-state index in [9.17, 15) is 9.59 Å². The van der Waals surface area contributed by atoms with E-state index >= 15 is 0 Å². The van der Waals surface area contributed by atoms with Crippen molar-refractivity contribution in [1.29, 1.82) is 0 Å². The molecule has 1 aliphatic rings. The summed E-state index contributed by atoms with van der Waals surface area (Å²) < 4.78 is 11.9. The van der Waals surface area contributed by atoms with Crippen LogP contribution in [0.3, 0.4) is 0 Å². The van der Waals surface area contributed by atoms with Crippen molar-refractivity contribution in [2.45, 2.75) is 13.8 Å². The number of carbonyl (C=O) groups is 2. The van der Waals surface area contributed by atoms with Crippen molar-refractivity contribution < 1.29 is 19.1 Å². The van der Waals surface area contributed by atoms with Crippen LogP contribution in [0, 0.1) is 0 Å². The Hall–Kier alpha value is -2.13. The topological polar surface area (TPSA) is 67.9 Å². The Kier molecular flexibility index (Phi) is 7.59. The van der Waals surface area contributed by atoms with Crippen LogP contribution in [0.5, 0.6) is 11.5 Å². The van der Waals surface area contributed by atoms with Gasteiger partial charge >= 0.3 is 0 Å². The fraction of sp³-hybridized carbons (Fsp3) is 0.190. The van der Waals surface area contributed by atoms with Gasteiger partial charge in [-0.25, -0.2) is 0 Å². The summed E-state index contributed by atoms with van der Waals surface area (Å²) >= 11 is 20.9. The summed E-state index contributed by atoms with van der Waals surface area (Å²) in [6.07, 6.45) is 1.46. The number of amides is 2. The molecule has 162 valence electrons. The van der Waals surface area contributed by atoms with E-state index in [0.717, 1.165) is 4.90 Å². The van der Waals surface area contributed by atoms with Crippen molar-refractivity contribution in [2.24, 2.45) is 0 Å². The van der Waals surface area contributed by atoms with Gasteiger partial charge in [0, 0.05) is 5.02 Å². The van der Waals surface area contributed by atoms with Crippen molar-refractivity contribution in [3.8, 4) is 11.5 Å². The van der Waals surface area contributed by atoms with Crippen LogP contribution in [0.15, 0.2) is 40.4 Å². The van der Waals surface area contributed by atoms with Crippen LogP contribution < -0.4 is 19.7 Å². The summed E-state index contributed by atoms with van der Waals surface area (Å²) in [4.78, 5) is 26.9. The van der Waals surface area contributed by atoms with Crippen molar-refractivity contribution in [2.75, 3.05) is 18.1 Å². The zero-order valence-electron chi connectivity index (χ0n) is 16.5. The highest BCUT2D eigenvalue weighted by Crippen LogP contribution is 2.38. The van der Waals surface area contributed by atoms with E-state index in [1.54, 1.807) is 24.3 Å². The predicted octanol–water partition coefficient (Wildman–Crippen LogP) is 5.38. The first-order chi connectivity index (χ1) is 14.8. The molecule has 1 fully saturated rings. The second-order valence-corrected chi connectivity index (χ2v) is 8.33. The first-order valence-electron chi connectivity index (χ1n) is 9.22. The maximum atomic E-state index is 13.2. The number of rotatable bonds is 6. The van der Waals surface area contributed by atoms with Gasteiger partial charge in [-0.1, -0.05) is 23.2 Å². The Morgan fingerprint density at radius 1 is 1.13 bits per heavy atom. The molecule has 0 aliphatic carbocycles. The van der Waals surface area contributed by atoms with Crippen molar-refractivity contribution in [3.63, 3.8) is 0 Å². The Morgan fingerprint density at radius 3 is 2.48 bits per heavy atom. The lowest BCUT2D eigenvalue weighted by atomic mass is 10.1. The number of nitrogens with zero attached hydrogens (tertiary/aromatic N) is 1. The van der Waals surface area contributed by atoms with Gasteiger partial charge in [0.05, 0.1) is 28.4 Å². The highest BCUT2D eigenvalue weighted by atomic mass is 79.9. The molecule has 0 spiro atoms. The molecule has 31 heavy (non-hydrogen) atoms. The van der Waals surface area contributed by atoms with Gasteiger partial charge in [0.25, 0.3) is 11.8 Å². The number of anilines is 1. The van der Waals surface area contributed by atoms with Gasteiger partial charge in [0.1, 0.15) is 5.57 Å². The number of benzene rings is 2. The zero-order valence-corrected chi connectivity index (χ0v) is 20.4. The molecule has 0 aromatic heterocycles. The second-order valence-electron chi connectivity index (χ2n) is 6.25. The van der Waals surface area contributed by atoms with Crippen LogP contribution in [0.1, 0.15) is 19.4 Å². The van der Waals surface area contributed by atoms with Crippen molar-refractivity contribution in [1.82, 2.24) is 5.32 Å². The normalized spacial score (nSPS) is 15.3. The molecule has 0 bridgehead atoms. The summed E-state index contributed by atoms with van der Waals surface area (Å²) in [5, 5.41) is 3.09. The van der Waals surface area contributed by atoms with E-state index in [1.807, 2.05) is 13.8 Å². The Labute approximate surface area is 203 Å². The molecule has 3 rings (SSSR count). The molecule has 6 nitrogen and oxygen atoms in total. The molecule has 1 heterocycles. The van der Waals surface area contributed by atoms with Crippen LogP contribution in [-0.4, -0.2) is 30.1 Å². The second kappa shape index (κ2) is 9.99. The number of ether oxygens (including phenoxy) is 2. The van der Waals surface area contributed by atoms with E-state index in [1.165, 1.54) is 12.1 Å². The maximum Gasteiger partial charge on any atom is 0.270 e. The summed E-state index contributed by atoms with van der Waals surface area (Å²) in [6.45, 7) is 4.58. The van der Waals surface area contributed by atoms with E-state index in [0.29, 0.717) is 45.5 Å². The first-order valence-corrected chi connectivity index (χ1v) is 11.2. The van der Waals surface area contributed by atoms with E-state index in [4.69, 9.17) is 44.9 Å². The van der Waals surface area contributed by atoms with E-state index in [2.05, 4.69) is 21.2 Å². The highest BCUT2D eigenvalue weighted by Gasteiger charge is 2.35. The standard InChI is InChI=1S/C21H17BrCl2N2O4S/c1-3-29-17-9-11(8-14(22)18(17)30-4-2)7-13-19(27)25-21(31)26(20(13)28)16-6-5-12(23)10-15(16)24/h5-10H,3-4H2,1-2H3,(H,25,27,31)/b13-7+. The number of nitrogens with one attached hydrogen (secondary N) is 1. The predicted molar refractivity (Wildman–Crippen MR) is 129 cm³/mol. The third-order valence-electron chi connectivity index (χ3n) is 4.18. The molecular formula is C21H17BrCl2N2O4S. The Morgan fingerprint density at radius 2 is 1.84 bits per heavy atom. The molecular weight excluding hydrogens is 527 g/mol. The number of thiocarbonyl (C=S) groups is 1. The number of halogens is 3. The summed E-state index contributed by atoms with van der Waals surface area (Å²) in [5.74, 6) is -0.190. The molecule has 1 saturated heterocycles. The average Bonchev–Trinajstić information content (AvgIpc) is 2.69. The van der Waals surface area contributed by atoms with Crippen LogP contribution in [0.2, 0.25) is 10.0 Å². The van der Waals surface area contributed by atoms with Gasteiger partial charge < -0.3 is 9.47 Å². The fourth-order valence-electron chi connectivity index (χ4n) is 2.92. The first kappa shape index (κ1) is 23.5. The minimum absolute atomic E-state index is 0.0701. The van der Waals surface area contributed by atoms with Crippen LogP contribution >= 0.6 is 51.3 Å². The lowest BCUT2D eigenvalue weighted by molar-refractivity contribution is -0.122. The van der Waals surface area contributed by atoms with E-state index < -0.39 is 11.8 Å². The quantitative estimate of drug-likeness (QED) is 0.301. The minimum atomic E-state index is -0.612. The van der Waals surface area contributed by atoms with Gasteiger partial charge in [-0.15, -0.1) is 0 Å². The summed E-state index contributed by atoms with van der Waals surface area (Å²) in [5.41, 5.74) is 0.764. The minimum Gasteiger partial charge on any atom is -0.490 e. The molecule has 0 radical (unpaired) electrons. The molecule has 2 amide bonds. The maximum absolute atomic E-state index is 13.2. The Balaban J connectivity index is 2.06. The average molecular weight is 544 g/mol. The molecule has 1 N–H and O–H groups in total. The number of carbonyl (C=O) groups excluding carboxylic acids is 2. The monoisotopic (exact) mass is 542 g/mol. The molecule has 0 atom stereocenters. The number of hydrogen-bond donors (Lipinski definition) is 1. The third kappa shape index (κ3) is 5.03. The van der Waals surface area contributed by atoms with Crippen molar-refractivity contribution in [3.05, 3.63) is 56.0 Å². The van der Waals surface area contributed by atoms with Crippen molar-refractivity contribution >= 4 is 80.0 Å². The number of hydrogen-bond acceptors (Lipinski definition) is 5. The molecule has 2 aromatic rings.